The minimum atomic E-state index is 0.758. The fourth-order valence-electron chi connectivity index (χ4n) is 3.83. The normalized spacial score (nSPS) is 29.9. The molecule has 0 aliphatic heterocycles. The van der Waals surface area contributed by atoms with Gasteiger partial charge < -0.3 is 10.2 Å². The Morgan fingerprint density at radius 2 is 1.89 bits per heavy atom. The van der Waals surface area contributed by atoms with Crippen LogP contribution in [0.15, 0.2) is 24.3 Å². The average molecular weight is 258 g/mol. The zero-order valence-electron chi connectivity index (χ0n) is 12.2. The molecule has 1 fully saturated rings. The molecule has 2 nitrogen and oxygen atoms in total. The molecule has 1 atom stereocenters. The molecule has 2 heteroatoms. The Kier molecular flexibility index (Phi) is 3.90. The van der Waals surface area contributed by atoms with E-state index in [2.05, 4.69) is 48.6 Å². The summed E-state index contributed by atoms with van der Waals surface area (Å²) in [5, 5.41) is 3.42. The Bertz CT molecular complexity index is 421. The summed E-state index contributed by atoms with van der Waals surface area (Å²) >= 11 is 0. The Morgan fingerprint density at radius 3 is 2.58 bits per heavy atom. The summed E-state index contributed by atoms with van der Waals surface area (Å²) < 4.78 is 0. The largest absolute Gasteiger partial charge is 0.317 e. The van der Waals surface area contributed by atoms with Gasteiger partial charge in [0, 0.05) is 24.5 Å². The summed E-state index contributed by atoms with van der Waals surface area (Å²) in [6.45, 7) is 1.24. The molecule has 1 unspecified atom stereocenters. The van der Waals surface area contributed by atoms with E-state index < -0.39 is 0 Å². The Morgan fingerprint density at radius 1 is 1.16 bits per heavy atom. The van der Waals surface area contributed by atoms with Crippen molar-refractivity contribution in [1.82, 2.24) is 10.2 Å². The molecule has 0 saturated heterocycles. The molecule has 0 bridgehead atoms. The van der Waals surface area contributed by atoms with Crippen molar-refractivity contribution in [3.8, 4) is 0 Å². The van der Waals surface area contributed by atoms with Crippen LogP contribution in [0, 0.1) is 0 Å². The summed E-state index contributed by atoms with van der Waals surface area (Å²) in [5.41, 5.74) is 3.16. The molecule has 2 aliphatic carbocycles. The van der Waals surface area contributed by atoms with Gasteiger partial charge in [-0.25, -0.2) is 0 Å². The van der Waals surface area contributed by atoms with Crippen molar-refractivity contribution in [2.24, 2.45) is 0 Å². The molecule has 2 aliphatic rings. The van der Waals surface area contributed by atoms with Crippen molar-refractivity contribution in [2.75, 3.05) is 20.6 Å². The predicted molar refractivity (Wildman–Crippen MR) is 80.6 cm³/mol. The van der Waals surface area contributed by atoms with Crippen LogP contribution >= 0.6 is 0 Å². The second-order valence-electron chi connectivity index (χ2n) is 6.33. The van der Waals surface area contributed by atoms with Gasteiger partial charge in [-0.3, -0.25) is 0 Å². The summed E-state index contributed by atoms with van der Waals surface area (Å²) in [5.74, 6) is 0.781. The van der Waals surface area contributed by atoms with E-state index >= 15 is 0 Å². The number of rotatable bonds is 4. The lowest BCUT2D eigenvalue weighted by atomic mass is 9.77. The van der Waals surface area contributed by atoms with Gasteiger partial charge in [-0.1, -0.05) is 24.3 Å². The Hall–Kier alpha value is -0.860. The van der Waals surface area contributed by atoms with Gasteiger partial charge in [-0.2, -0.15) is 0 Å². The quantitative estimate of drug-likeness (QED) is 0.893. The third kappa shape index (κ3) is 2.70. The van der Waals surface area contributed by atoms with Crippen LogP contribution in [0.5, 0.6) is 0 Å². The van der Waals surface area contributed by atoms with Crippen molar-refractivity contribution in [1.29, 1.82) is 0 Å². The SMILES string of the molecule is CNC1CCC(N(C)CC2Cc3ccccc32)CC1. The van der Waals surface area contributed by atoms with Crippen LogP contribution in [0.4, 0.5) is 0 Å². The highest BCUT2D eigenvalue weighted by Gasteiger charge is 2.29. The van der Waals surface area contributed by atoms with Crippen LogP contribution in [0.25, 0.3) is 0 Å². The van der Waals surface area contributed by atoms with E-state index in [9.17, 15) is 0 Å². The van der Waals surface area contributed by atoms with Crippen LogP contribution in [-0.2, 0) is 6.42 Å². The summed E-state index contributed by atoms with van der Waals surface area (Å²) in [4.78, 5) is 2.62. The highest BCUT2D eigenvalue weighted by atomic mass is 15.1. The van der Waals surface area contributed by atoms with Crippen molar-refractivity contribution < 1.29 is 0 Å². The predicted octanol–water partition coefficient (Wildman–Crippen LogP) is 2.79. The zero-order chi connectivity index (χ0) is 13.2. The number of hydrogen-bond acceptors (Lipinski definition) is 2. The number of benzene rings is 1. The first-order valence-electron chi connectivity index (χ1n) is 7.73. The first-order valence-corrected chi connectivity index (χ1v) is 7.73. The Balaban J connectivity index is 1.52. The summed E-state index contributed by atoms with van der Waals surface area (Å²) in [7, 11) is 4.42. The minimum Gasteiger partial charge on any atom is -0.317 e. The minimum absolute atomic E-state index is 0.758. The lowest BCUT2D eigenvalue weighted by Gasteiger charge is -2.39. The van der Waals surface area contributed by atoms with Gasteiger partial charge in [0.15, 0.2) is 0 Å². The van der Waals surface area contributed by atoms with E-state index in [0.717, 1.165) is 18.0 Å². The highest BCUT2D eigenvalue weighted by Crippen LogP contribution is 2.36. The van der Waals surface area contributed by atoms with E-state index in [4.69, 9.17) is 0 Å². The molecule has 0 aromatic heterocycles. The van der Waals surface area contributed by atoms with Gasteiger partial charge in [0.05, 0.1) is 0 Å². The summed E-state index contributed by atoms with van der Waals surface area (Å²) in [6, 6.07) is 10.5. The maximum atomic E-state index is 3.42. The first kappa shape index (κ1) is 13.1. The Labute approximate surface area is 117 Å². The highest BCUT2D eigenvalue weighted by molar-refractivity contribution is 5.40. The molecule has 3 rings (SSSR count). The van der Waals surface area contributed by atoms with Gasteiger partial charge in [0.2, 0.25) is 0 Å². The molecule has 0 radical (unpaired) electrons. The van der Waals surface area contributed by atoms with E-state index in [1.165, 1.54) is 38.6 Å². The van der Waals surface area contributed by atoms with E-state index in [1.807, 2.05) is 0 Å². The number of fused-ring (bicyclic) bond motifs is 1. The molecule has 1 aromatic carbocycles. The van der Waals surface area contributed by atoms with Crippen LogP contribution < -0.4 is 5.32 Å². The molecule has 104 valence electrons. The molecule has 1 saturated carbocycles. The van der Waals surface area contributed by atoms with E-state index in [1.54, 1.807) is 11.1 Å². The van der Waals surface area contributed by atoms with Crippen LogP contribution in [0.1, 0.15) is 42.7 Å². The average Bonchev–Trinajstić information content (AvgIpc) is 2.44. The maximum absolute atomic E-state index is 3.42. The van der Waals surface area contributed by atoms with Gasteiger partial charge in [-0.05, 0) is 57.3 Å². The molecular formula is C17H26N2. The van der Waals surface area contributed by atoms with Crippen molar-refractivity contribution in [2.45, 2.75) is 50.1 Å². The second-order valence-corrected chi connectivity index (χ2v) is 6.33. The van der Waals surface area contributed by atoms with Crippen LogP contribution in [0.3, 0.4) is 0 Å². The van der Waals surface area contributed by atoms with Crippen LogP contribution in [0.2, 0.25) is 0 Å². The molecule has 19 heavy (non-hydrogen) atoms. The standard InChI is InChI=1S/C17H26N2/c1-18-15-7-9-16(10-8-15)19(2)12-14-11-13-5-3-4-6-17(13)14/h3-6,14-16,18H,7-12H2,1-2H3. The van der Waals surface area contributed by atoms with E-state index in [0.29, 0.717) is 0 Å². The third-order valence-electron chi connectivity index (χ3n) is 5.20. The van der Waals surface area contributed by atoms with Crippen molar-refractivity contribution in [3.05, 3.63) is 35.4 Å². The second kappa shape index (κ2) is 5.64. The van der Waals surface area contributed by atoms with Gasteiger partial charge >= 0.3 is 0 Å². The number of likely N-dealkylation sites (N-methyl/N-ethyl adjacent to an activating group) is 1. The molecule has 1 aromatic rings. The van der Waals surface area contributed by atoms with E-state index in [-0.39, 0.29) is 0 Å². The fraction of sp³-hybridized carbons (Fsp3) is 0.647. The zero-order valence-corrected chi connectivity index (χ0v) is 12.2. The number of nitrogens with zero attached hydrogens (tertiary/aromatic N) is 1. The van der Waals surface area contributed by atoms with Gasteiger partial charge in [-0.15, -0.1) is 0 Å². The van der Waals surface area contributed by atoms with Crippen LogP contribution in [-0.4, -0.2) is 37.6 Å². The molecule has 1 N–H and O–H groups in total. The van der Waals surface area contributed by atoms with Crippen molar-refractivity contribution in [3.63, 3.8) is 0 Å². The third-order valence-corrected chi connectivity index (χ3v) is 5.20. The van der Waals surface area contributed by atoms with Gasteiger partial charge in [0.25, 0.3) is 0 Å². The molecular weight excluding hydrogens is 232 g/mol. The summed E-state index contributed by atoms with van der Waals surface area (Å²) in [6.07, 6.45) is 6.68. The monoisotopic (exact) mass is 258 g/mol. The number of nitrogens with one attached hydrogen (secondary N) is 1. The maximum Gasteiger partial charge on any atom is 0.00936 e. The lowest BCUT2D eigenvalue weighted by Crippen LogP contribution is -2.42. The molecule has 0 spiro atoms. The lowest BCUT2D eigenvalue weighted by molar-refractivity contribution is 0.164. The number of hydrogen-bond donors (Lipinski definition) is 1. The first-order chi connectivity index (χ1) is 9.28. The topological polar surface area (TPSA) is 15.3 Å². The fourth-order valence-corrected chi connectivity index (χ4v) is 3.83. The van der Waals surface area contributed by atoms with Crippen molar-refractivity contribution >= 4 is 0 Å². The smallest absolute Gasteiger partial charge is 0.00936 e. The molecule has 0 amide bonds. The molecule has 0 heterocycles. The van der Waals surface area contributed by atoms with Gasteiger partial charge in [0.1, 0.15) is 0 Å².